The number of benzene rings is 3. The van der Waals surface area contributed by atoms with Crippen molar-refractivity contribution in [3.8, 4) is 22.9 Å². The van der Waals surface area contributed by atoms with Gasteiger partial charge in [-0.1, -0.05) is 0 Å². The molecule has 0 amide bonds. The highest BCUT2D eigenvalue weighted by atomic mass is 19.1. The third kappa shape index (κ3) is 11.4. The molecule has 0 aliphatic rings. The third-order valence-electron chi connectivity index (χ3n) is 4.77. The van der Waals surface area contributed by atoms with E-state index in [1.807, 2.05) is 13.8 Å². The van der Waals surface area contributed by atoms with Gasteiger partial charge >= 0.3 is 5.69 Å². The highest BCUT2D eigenvalue weighted by Crippen LogP contribution is 2.28. The Bertz CT molecular complexity index is 1580. The number of aromatic amines is 1. The number of anilines is 1. The SMILES string of the molecule is CC(C)Oc1cc(F)ccc1-n1nn[nH]c1=O.CC(C)Oc1cc(F)ccc1N.CC(C)Oc1cc(F)ccc1N=C=O. The summed E-state index contributed by atoms with van der Waals surface area (Å²) in [6.45, 7) is 11.0. The van der Waals surface area contributed by atoms with Gasteiger partial charge in [-0.2, -0.15) is 9.67 Å². The summed E-state index contributed by atoms with van der Waals surface area (Å²) in [4.78, 5) is 24.8. The molecule has 3 aromatic carbocycles. The Kier molecular flexibility index (Phi) is 13.0. The monoisotopic (exact) mass is 602 g/mol. The van der Waals surface area contributed by atoms with Crippen molar-refractivity contribution in [1.29, 1.82) is 0 Å². The van der Waals surface area contributed by atoms with Crippen molar-refractivity contribution in [2.45, 2.75) is 59.9 Å². The van der Waals surface area contributed by atoms with E-state index in [9.17, 15) is 22.8 Å². The fourth-order valence-electron chi connectivity index (χ4n) is 3.21. The molecule has 4 rings (SSSR count). The molecule has 0 spiro atoms. The van der Waals surface area contributed by atoms with Crippen LogP contribution in [0, 0.1) is 17.5 Å². The van der Waals surface area contributed by atoms with Crippen molar-refractivity contribution in [1.82, 2.24) is 20.2 Å². The maximum atomic E-state index is 13.1. The highest BCUT2D eigenvalue weighted by molar-refractivity contribution is 5.57. The van der Waals surface area contributed by atoms with Gasteiger partial charge in [-0.05, 0) is 88.4 Å². The molecular weight excluding hydrogens is 569 g/mol. The number of carbonyl (C=O) groups excluding carboxylic acids is 1. The smallest absolute Gasteiger partial charge is 0.365 e. The molecule has 1 heterocycles. The summed E-state index contributed by atoms with van der Waals surface area (Å²) in [5, 5.41) is 9.11. The lowest BCUT2D eigenvalue weighted by Crippen LogP contribution is -2.18. The van der Waals surface area contributed by atoms with E-state index in [-0.39, 0.29) is 41.3 Å². The Balaban J connectivity index is 0.000000229. The molecule has 11 nitrogen and oxygen atoms in total. The van der Waals surface area contributed by atoms with E-state index >= 15 is 0 Å². The average Bonchev–Trinajstić information content (AvgIpc) is 3.33. The molecule has 0 bridgehead atoms. The van der Waals surface area contributed by atoms with Crippen LogP contribution in [0.1, 0.15) is 41.5 Å². The van der Waals surface area contributed by atoms with Crippen LogP contribution in [0.5, 0.6) is 17.2 Å². The standard InChI is InChI=1S/C10H11FN4O2.C10H10FNO2.C9H12FNO/c1-6(2)17-9-5-7(11)3-4-8(9)15-10(16)12-13-14-15;1-7(2)14-10-5-8(11)3-4-9(10)12-6-13;1-6(2)12-9-5-7(10)3-4-8(9)11/h3-6H,1-2H3,(H,12,14,16);3-5,7H,1-2H3;3-6H,11H2,1-2H3. The molecule has 0 atom stereocenters. The van der Waals surface area contributed by atoms with E-state index in [1.165, 1.54) is 60.7 Å². The first-order chi connectivity index (χ1) is 20.3. The molecule has 0 radical (unpaired) electrons. The number of nitrogen functional groups attached to an aromatic ring is 1. The largest absolute Gasteiger partial charge is 0.489 e. The van der Waals surface area contributed by atoms with Crippen LogP contribution in [0.25, 0.3) is 5.69 Å². The van der Waals surface area contributed by atoms with E-state index in [2.05, 4.69) is 20.5 Å². The molecule has 14 heteroatoms. The Labute approximate surface area is 246 Å². The van der Waals surface area contributed by atoms with Crippen molar-refractivity contribution in [3.05, 3.63) is 82.5 Å². The Morgan fingerprint density at radius 2 is 1.28 bits per heavy atom. The topological polar surface area (TPSA) is 147 Å². The van der Waals surface area contributed by atoms with Crippen LogP contribution < -0.4 is 25.6 Å². The fourth-order valence-corrected chi connectivity index (χ4v) is 3.21. The van der Waals surface area contributed by atoms with Crippen LogP contribution in [0.3, 0.4) is 0 Å². The van der Waals surface area contributed by atoms with Crippen molar-refractivity contribution in [3.63, 3.8) is 0 Å². The fraction of sp³-hybridized carbons (Fsp3) is 0.310. The maximum Gasteiger partial charge on any atom is 0.365 e. The quantitative estimate of drug-likeness (QED) is 0.149. The number of nitrogens with one attached hydrogen (secondary N) is 1. The van der Waals surface area contributed by atoms with Gasteiger partial charge in [0.25, 0.3) is 0 Å². The normalized spacial score (nSPS) is 10.3. The van der Waals surface area contributed by atoms with Crippen LogP contribution in [0.4, 0.5) is 24.5 Å². The predicted molar refractivity (Wildman–Crippen MR) is 154 cm³/mol. The molecular formula is C29H33F3N6O5. The van der Waals surface area contributed by atoms with Gasteiger partial charge < -0.3 is 19.9 Å². The van der Waals surface area contributed by atoms with Crippen molar-refractivity contribution < 1.29 is 32.2 Å². The summed E-state index contributed by atoms with van der Waals surface area (Å²) in [5.74, 6) is -0.296. The van der Waals surface area contributed by atoms with Gasteiger partial charge in [-0.25, -0.2) is 27.9 Å². The number of nitrogens with zero attached hydrogens (tertiary/aromatic N) is 4. The van der Waals surface area contributed by atoms with Crippen LogP contribution in [0.15, 0.2) is 64.4 Å². The molecule has 0 saturated heterocycles. The minimum absolute atomic E-state index is 0.00843. The van der Waals surface area contributed by atoms with Gasteiger partial charge in [-0.15, -0.1) is 0 Å². The number of tetrazole rings is 1. The molecule has 1 aromatic heterocycles. The average molecular weight is 603 g/mol. The number of hydrogen-bond donors (Lipinski definition) is 2. The van der Waals surface area contributed by atoms with Gasteiger partial charge in [0.05, 0.1) is 24.0 Å². The number of halogens is 3. The summed E-state index contributed by atoms with van der Waals surface area (Å²) >= 11 is 0. The highest BCUT2D eigenvalue weighted by Gasteiger charge is 2.12. The van der Waals surface area contributed by atoms with Crippen molar-refractivity contribution in [2.24, 2.45) is 4.99 Å². The summed E-state index contributed by atoms with van der Waals surface area (Å²) in [6.07, 6.45) is 1.16. The number of rotatable bonds is 8. The summed E-state index contributed by atoms with van der Waals surface area (Å²) < 4.78 is 55.6. The molecule has 0 aliphatic carbocycles. The first-order valence-corrected chi connectivity index (χ1v) is 13.0. The number of ether oxygens (including phenoxy) is 3. The molecule has 230 valence electrons. The van der Waals surface area contributed by atoms with Crippen molar-refractivity contribution in [2.75, 3.05) is 5.73 Å². The minimum atomic E-state index is -0.509. The van der Waals surface area contributed by atoms with E-state index < -0.39 is 17.3 Å². The zero-order valence-electron chi connectivity index (χ0n) is 24.5. The third-order valence-corrected chi connectivity index (χ3v) is 4.77. The van der Waals surface area contributed by atoms with E-state index in [0.29, 0.717) is 17.1 Å². The predicted octanol–water partition coefficient (Wildman–Crippen LogP) is 5.66. The zero-order valence-corrected chi connectivity index (χ0v) is 24.5. The van der Waals surface area contributed by atoms with Crippen LogP contribution in [-0.4, -0.2) is 44.6 Å². The maximum absolute atomic E-state index is 13.1. The van der Waals surface area contributed by atoms with Gasteiger partial charge in [0.2, 0.25) is 6.08 Å². The molecule has 43 heavy (non-hydrogen) atoms. The Morgan fingerprint density at radius 3 is 1.81 bits per heavy atom. The van der Waals surface area contributed by atoms with Gasteiger partial charge in [-0.3, -0.25) is 0 Å². The molecule has 0 fully saturated rings. The Hall–Kier alpha value is -5.10. The second kappa shape index (κ2) is 16.4. The first kappa shape index (κ1) is 34.1. The molecule has 4 aromatic rings. The van der Waals surface area contributed by atoms with Gasteiger partial charge in [0.15, 0.2) is 0 Å². The second-order valence-corrected chi connectivity index (χ2v) is 9.53. The lowest BCUT2D eigenvalue weighted by Gasteiger charge is -2.13. The number of H-pyrrole nitrogens is 1. The van der Waals surface area contributed by atoms with E-state index in [1.54, 1.807) is 27.7 Å². The number of aliphatic imine (C=N–C) groups is 1. The lowest BCUT2D eigenvalue weighted by molar-refractivity contribution is 0.240. The molecule has 0 unspecified atom stereocenters. The van der Waals surface area contributed by atoms with Crippen LogP contribution in [-0.2, 0) is 4.79 Å². The number of nitrogens with two attached hydrogens (primary N) is 1. The van der Waals surface area contributed by atoms with Gasteiger partial charge in [0.1, 0.15) is 46.1 Å². The summed E-state index contributed by atoms with van der Waals surface area (Å²) in [7, 11) is 0. The molecule has 0 saturated carbocycles. The molecule has 0 aliphatic heterocycles. The minimum Gasteiger partial charge on any atom is -0.489 e. The molecule has 3 N–H and O–H groups in total. The number of aromatic nitrogens is 4. The summed E-state index contributed by atoms with van der Waals surface area (Å²) in [5.41, 5.74) is 6.13. The Morgan fingerprint density at radius 1 is 0.791 bits per heavy atom. The van der Waals surface area contributed by atoms with E-state index in [4.69, 9.17) is 19.9 Å². The number of hydrogen-bond acceptors (Lipinski definition) is 9. The second-order valence-electron chi connectivity index (χ2n) is 9.53. The number of isocyanates is 1. The first-order valence-electron chi connectivity index (χ1n) is 13.0. The van der Waals surface area contributed by atoms with Crippen LogP contribution in [0.2, 0.25) is 0 Å². The van der Waals surface area contributed by atoms with Gasteiger partial charge in [0, 0.05) is 18.2 Å². The van der Waals surface area contributed by atoms with Crippen molar-refractivity contribution >= 4 is 17.5 Å². The zero-order chi connectivity index (χ0) is 32.1. The summed E-state index contributed by atoms with van der Waals surface area (Å²) in [6, 6.07) is 11.7. The lowest BCUT2D eigenvalue weighted by atomic mass is 10.3. The van der Waals surface area contributed by atoms with Crippen LogP contribution >= 0.6 is 0 Å². The van der Waals surface area contributed by atoms with E-state index in [0.717, 1.165) is 4.68 Å².